The van der Waals surface area contributed by atoms with Crippen molar-refractivity contribution in [3.05, 3.63) is 23.3 Å². The van der Waals surface area contributed by atoms with E-state index < -0.39 is 0 Å². The van der Waals surface area contributed by atoms with Gasteiger partial charge in [-0.15, -0.1) is 0 Å². The van der Waals surface area contributed by atoms with Crippen LogP contribution >= 0.6 is 0 Å². The van der Waals surface area contributed by atoms with Crippen molar-refractivity contribution in [1.29, 1.82) is 0 Å². The summed E-state index contributed by atoms with van der Waals surface area (Å²) in [4.78, 5) is 10.9. The molecule has 1 heteroatoms. The van der Waals surface area contributed by atoms with Crippen LogP contribution in [0, 0.1) is 5.92 Å². The fourth-order valence-electron chi connectivity index (χ4n) is 1.82. The van der Waals surface area contributed by atoms with E-state index >= 15 is 0 Å². The highest BCUT2D eigenvalue weighted by atomic mass is 16.1. The predicted molar refractivity (Wildman–Crippen MR) is 55.5 cm³/mol. The Balaban J connectivity index is 2.60. The molecule has 0 bridgehead atoms. The van der Waals surface area contributed by atoms with E-state index in [1.165, 1.54) is 24.0 Å². The van der Waals surface area contributed by atoms with Gasteiger partial charge in [0.05, 0.1) is 0 Å². The third kappa shape index (κ3) is 3.17. The normalized spacial score (nSPS) is 24.1. The van der Waals surface area contributed by atoms with E-state index in [0.29, 0.717) is 5.92 Å². The number of hydrogen-bond donors (Lipinski definition) is 0. The Hall–Kier alpha value is -0.850. The Morgan fingerprint density at radius 1 is 1.54 bits per heavy atom. The van der Waals surface area contributed by atoms with Crippen molar-refractivity contribution in [1.82, 2.24) is 0 Å². The summed E-state index contributed by atoms with van der Waals surface area (Å²) in [5.74, 6) is 0.774. The first kappa shape index (κ1) is 10.2. The number of ketones is 1. The SMILES string of the molecule is CC(=O)/C=C(\C)[C@@H]1CC=C(C)CC1. The molecule has 1 rings (SSSR count). The molecule has 1 aliphatic carbocycles. The lowest BCUT2D eigenvalue weighted by atomic mass is 9.85. The van der Waals surface area contributed by atoms with Crippen LogP contribution in [0.15, 0.2) is 23.3 Å². The van der Waals surface area contributed by atoms with Gasteiger partial charge in [-0.05, 0) is 52.0 Å². The topological polar surface area (TPSA) is 17.1 Å². The van der Waals surface area contributed by atoms with E-state index in [4.69, 9.17) is 0 Å². The van der Waals surface area contributed by atoms with E-state index in [-0.39, 0.29) is 5.78 Å². The van der Waals surface area contributed by atoms with Crippen molar-refractivity contribution < 1.29 is 4.79 Å². The van der Waals surface area contributed by atoms with Gasteiger partial charge in [0.15, 0.2) is 5.78 Å². The van der Waals surface area contributed by atoms with Gasteiger partial charge in [-0.2, -0.15) is 0 Å². The Morgan fingerprint density at radius 3 is 2.69 bits per heavy atom. The zero-order valence-electron chi connectivity index (χ0n) is 8.76. The fraction of sp³-hybridized carbons (Fsp3) is 0.583. The van der Waals surface area contributed by atoms with E-state index in [9.17, 15) is 4.79 Å². The van der Waals surface area contributed by atoms with Crippen LogP contribution < -0.4 is 0 Å². The molecule has 0 aromatic heterocycles. The van der Waals surface area contributed by atoms with Gasteiger partial charge in [0.2, 0.25) is 0 Å². The maximum absolute atomic E-state index is 10.9. The first-order valence-corrected chi connectivity index (χ1v) is 4.94. The third-order valence-corrected chi connectivity index (χ3v) is 2.71. The van der Waals surface area contributed by atoms with Gasteiger partial charge in [0.25, 0.3) is 0 Å². The molecule has 1 nitrogen and oxygen atoms in total. The molecular weight excluding hydrogens is 160 g/mol. The zero-order chi connectivity index (χ0) is 9.84. The lowest BCUT2D eigenvalue weighted by Gasteiger charge is -2.20. The van der Waals surface area contributed by atoms with Gasteiger partial charge < -0.3 is 0 Å². The lowest BCUT2D eigenvalue weighted by Crippen LogP contribution is -2.07. The molecule has 0 saturated heterocycles. The average molecular weight is 178 g/mol. The van der Waals surface area contributed by atoms with Crippen LogP contribution in [0.5, 0.6) is 0 Å². The van der Waals surface area contributed by atoms with Gasteiger partial charge >= 0.3 is 0 Å². The summed E-state index contributed by atoms with van der Waals surface area (Å²) < 4.78 is 0. The number of carbonyl (C=O) groups excluding carboxylic acids is 1. The first-order chi connectivity index (χ1) is 6.09. The molecule has 0 aromatic carbocycles. The Bertz CT molecular complexity index is 258. The van der Waals surface area contributed by atoms with E-state index in [1.807, 2.05) is 0 Å². The summed E-state index contributed by atoms with van der Waals surface area (Å²) in [5, 5.41) is 0. The minimum Gasteiger partial charge on any atom is -0.295 e. The van der Waals surface area contributed by atoms with Crippen LogP contribution in [0.4, 0.5) is 0 Å². The summed E-state index contributed by atoms with van der Waals surface area (Å²) in [6.45, 7) is 5.87. The first-order valence-electron chi connectivity index (χ1n) is 4.94. The average Bonchev–Trinajstić information content (AvgIpc) is 2.04. The van der Waals surface area contributed by atoms with Gasteiger partial charge in [-0.1, -0.05) is 17.2 Å². The molecule has 0 radical (unpaired) electrons. The van der Waals surface area contributed by atoms with Crippen molar-refractivity contribution in [2.75, 3.05) is 0 Å². The molecule has 0 fully saturated rings. The molecule has 13 heavy (non-hydrogen) atoms. The second-order valence-corrected chi connectivity index (χ2v) is 4.02. The quantitative estimate of drug-likeness (QED) is 0.468. The Kier molecular flexibility index (Phi) is 3.47. The number of carbonyl (C=O) groups is 1. The minimum atomic E-state index is 0.170. The summed E-state index contributed by atoms with van der Waals surface area (Å²) in [7, 11) is 0. The van der Waals surface area contributed by atoms with Gasteiger partial charge in [0.1, 0.15) is 0 Å². The highest BCUT2D eigenvalue weighted by molar-refractivity contribution is 5.87. The van der Waals surface area contributed by atoms with E-state index in [1.54, 1.807) is 13.0 Å². The number of hydrogen-bond acceptors (Lipinski definition) is 1. The molecule has 0 spiro atoms. The number of allylic oxidation sites excluding steroid dienone is 4. The summed E-state index contributed by atoms with van der Waals surface area (Å²) in [6, 6.07) is 0. The zero-order valence-corrected chi connectivity index (χ0v) is 8.76. The summed E-state index contributed by atoms with van der Waals surface area (Å²) in [5.41, 5.74) is 2.74. The minimum absolute atomic E-state index is 0.170. The molecule has 0 unspecified atom stereocenters. The molecule has 0 aromatic rings. The van der Waals surface area contributed by atoms with Crippen LogP contribution in [0.1, 0.15) is 40.0 Å². The maximum atomic E-state index is 10.9. The van der Waals surface area contributed by atoms with Crippen LogP contribution in [-0.2, 0) is 4.79 Å². The molecule has 1 aliphatic rings. The Labute approximate surface area is 80.5 Å². The maximum Gasteiger partial charge on any atom is 0.152 e. The van der Waals surface area contributed by atoms with E-state index in [2.05, 4.69) is 19.9 Å². The molecule has 0 saturated carbocycles. The van der Waals surface area contributed by atoms with Gasteiger partial charge in [-0.3, -0.25) is 4.79 Å². The molecule has 0 amide bonds. The second-order valence-electron chi connectivity index (χ2n) is 4.02. The fourth-order valence-corrected chi connectivity index (χ4v) is 1.82. The summed E-state index contributed by atoms with van der Waals surface area (Å²) >= 11 is 0. The van der Waals surface area contributed by atoms with E-state index in [0.717, 1.165) is 6.42 Å². The van der Waals surface area contributed by atoms with Crippen LogP contribution in [0.3, 0.4) is 0 Å². The highest BCUT2D eigenvalue weighted by Gasteiger charge is 2.13. The van der Waals surface area contributed by atoms with Crippen LogP contribution in [0.25, 0.3) is 0 Å². The van der Waals surface area contributed by atoms with Gasteiger partial charge in [0, 0.05) is 0 Å². The van der Waals surface area contributed by atoms with Crippen LogP contribution in [0.2, 0.25) is 0 Å². The standard InChI is InChI=1S/C12H18O/c1-9-4-6-12(7-5-9)10(2)8-11(3)13/h4,8,12H,5-7H2,1-3H3/b10-8+/t12-/m1/s1. The van der Waals surface area contributed by atoms with Crippen molar-refractivity contribution in [2.45, 2.75) is 40.0 Å². The Morgan fingerprint density at radius 2 is 2.23 bits per heavy atom. The smallest absolute Gasteiger partial charge is 0.152 e. The van der Waals surface area contributed by atoms with Crippen molar-refractivity contribution in [3.8, 4) is 0 Å². The monoisotopic (exact) mass is 178 g/mol. The summed E-state index contributed by atoms with van der Waals surface area (Å²) in [6.07, 6.45) is 7.58. The number of rotatable bonds is 2. The molecular formula is C12H18O. The van der Waals surface area contributed by atoms with Crippen LogP contribution in [-0.4, -0.2) is 5.78 Å². The molecule has 1 atom stereocenters. The molecule has 72 valence electrons. The second kappa shape index (κ2) is 4.40. The third-order valence-electron chi connectivity index (χ3n) is 2.71. The van der Waals surface area contributed by atoms with Crippen molar-refractivity contribution in [3.63, 3.8) is 0 Å². The molecule has 0 aliphatic heterocycles. The predicted octanol–water partition coefficient (Wildman–Crippen LogP) is 3.27. The lowest BCUT2D eigenvalue weighted by molar-refractivity contribution is -0.112. The highest BCUT2D eigenvalue weighted by Crippen LogP contribution is 2.28. The molecule has 0 heterocycles. The van der Waals surface area contributed by atoms with Crippen molar-refractivity contribution >= 4 is 5.78 Å². The largest absolute Gasteiger partial charge is 0.295 e. The van der Waals surface area contributed by atoms with Crippen molar-refractivity contribution in [2.24, 2.45) is 5.92 Å². The van der Waals surface area contributed by atoms with Gasteiger partial charge in [-0.25, -0.2) is 0 Å². The molecule has 0 N–H and O–H groups in total.